The Balaban J connectivity index is 2.82. The fraction of sp³-hybridized carbons (Fsp3) is 0.750. The number of rotatable bonds is 3. The van der Waals surface area contributed by atoms with Crippen molar-refractivity contribution in [1.29, 1.82) is 0 Å². The van der Waals surface area contributed by atoms with Crippen molar-refractivity contribution in [3.63, 3.8) is 0 Å². The summed E-state index contributed by atoms with van der Waals surface area (Å²) in [5.74, 6) is 0. The highest BCUT2D eigenvalue weighted by molar-refractivity contribution is 7.80. The van der Waals surface area contributed by atoms with Crippen LogP contribution in [-0.2, 0) is 4.84 Å². The monoisotopic (exact) mass is 134 g/mol. The maximum absolute atomic E-state index is 5.03. The van der Waals surface area contributed by atoms with E-state index in [1.54, 1.807) is 0 Å². The van der Waals surface area contributed by atoms with Crippen LogP contribution in [0.3, 0.4) is 0 Å². The predicted octanol–water partition coefficient (Wildman–Crippen LogP) is 0.161. The van der Waals surface area contributed by atoms with Crippen molar-refractivity contribution in [2.45, 2.75) is 13.3 Å². The van der Waals surface area contributed by atoms with E-state index < -0.39 is 0 Å². The maximum atomic E-state index is 5.03. The summed E-state index contributed by atoms with van der Waals surface area (Å²) in [6, 6.07) is 0. The zero-order chi connectivity index (χ0) is 6.41. The molecule has 0 fully saturated rings. The molecule has 0 atom stereocenters. The van der Waals surface area contributed by atoms with Gasteiger partial charge < -0.3 is 5.73 Å². The van der Waals surface area contributed by atoms with Gasteiger partial charge >= 0.3 is 0 Å². The highest BCUT2D eigenvalue weighted by Gasteiger charge is 1.82. The lowest BCUT2D eigenvalue weighted by Gasteiger charge is -2.00. The Morgan fingerprint density at radius 3 is 2.88 bits per heavy atom. The van der Waals surface area contributed by atoms with Gasteiger partial charge in [-0.1, -0.05) is 6.92 Å². The minimum Gasteiger partial charge on any atom is -0.375 e. The Labute approximate surface area is 54.2 Å². The second-order valence-corrected chi connectivity index (χ2v) is 1.75. The topological polar surface area (TPSA) is 47.3 Å². The third-order valence-electron chi connectivity index (χ3n) is 0.479. The van der Waals surface area contributed by atoms with Crippen LogP contribution in [0.5, 0.6) is 0 Å². The molecule has 3 N–H and O–H groups in total. The minimum atomic E-state index is 0.179. The maximum Gasteiger partial charge on any atom is 0.187 e. The van der Waals surface area contributed by atoms with Gasteiger partial charge in [-0.05, 0) is 18.6 Å². The van der Waals surface area contributed by atoms with Crippen LogP contribution in [0.15, 0.2) is 0 Å². The van der Waals surface area contributed by atoms with Crippen LogP contribution in [0.2, 0.25) is 0 Å². The minimum absolute atomic E-state index is 0.179. The van der Waals surface area contributed by atoms with Crippen LogP contribution >= 0.6 is 12.2 Å². The van der Waals surface area contributed by atoms with E-state index in [9.17, 15) is 0 Å². The Morgan fingerprint density at radius 1 is 1.88 bits per heavy atom. The lowest BCUT2D eigenvalue weighted by Crippen LogP contribution is -2.29. The molecule has 0 saturated carbocycles. The van der Waals surface area contributed by atoms with Crippen LogP contribution in [-0.4, -0.2) is 11.7 Å². The zero-order valence-electron chi connectivity index (χ0n) is 4.81. The van der Waals surface area contributed by atoms with E-state index >= 15 is 0 Å². The SMILES string of the molecule is CCCONC(N)=S. The van der Waals surface area contributed by atoms with Gasteiger partial charge in [0, 0.05) is 0 Å². The molecule has 0 aromatic heterocycles. The zero-order valence-corrected chi connectivity index (χ0v) is 5.62. The van der Waals surface area contributed by atoms with Crippen molar-refractivity contribution in [3.05, 3.63) is 0 Å². The quantitative estimate of drug-likeness (QED) is 0.328. The summed E-state index contributed by atoms with van der Waals surface area (Å²) in [5.41, 5.74) is 7.38. The molecule has 8 heavy (non-hydrogen) atoms. The lowest BCUT2D eigenvalue weighted by atomic mass is 10.5. The first-order chi connectivity index (χ1) is 3.77. The average molecular weight is 134 g/mol. The number of hydrogen-bond donors (Lipinski definition) is 2. The van der Waals surface area contributed by atoms with E-state index in [2.05, 4.69) is 17.7 Å². The normalized spacial score (nSPS) is 8.62. The summed E-state index contributed by atoms with van der Waals surface area (Å²) in [7, 11) is 0. The molecular weight excluding hydrogens is 124 g/mol. The van der Waals surface area contributed by atoms with Crippen molar-refractivity contribution in [3.8, 4) is 0 Å². The Bertz CT molecular complexity index is 76.4. The van der Waals surface area contributed by atoms with Crippen LogP contribution < -0.4 is 11.2 Å². The molecular formula is C4H10N2OS. The second kappa shape index (κ2) is 4.80. The summed E-state index contributed by atoms with van der Waals surface area (Å²) in [5, 5.41) is 0.179. The number of hydroxylamine groups is 1. The summed E-state index contributed by atoms with van der Waals surface area (Å²) in [6.45, 7) is 2.64. The van der Waals surface area contributed by atoms with Crippen LogP contribution in [0.25, 0.3) is 0 Å². The molecule has 0 saturated heterocycles. The summed E-state index contributed by atoms with van der Waals surface area (Å²) >= 11 is 4.45. The number of nitrogens with one attached hydrogen (secondary N) is 1. The largest absolute Gasteiger partial charge is 0.375 e. The van der Waals surface area contributed by atoms with Gasteiger partial charge in [0.15, 0.2) is 5.11 Å². The van der Waals surface area contributed by atoms with Gasteiger partial charge in [0.05, 0.1) is 6.61 Å². The van der Waals surface area contributed by atoms with E-state index in [1.165, 1.54) is 0 Å². The molecule has 0 heterocycles. The molecule has 3 nitrogen and oxygen atoms in total. The molecule has 0 aromatic carbocycles. The molecule has 0 unspecified atom stereocenters. The number of thiocarbonyl (C=S) groups is 1. The van der Waals surface area contributed by atoms with E-state index in [1.807, 2.05) is 6.92 Å². The van der Waals surface area contributed by atoms with Crippen molar-refractivity contribution in [1.82, 2.24) is 5.48 Å². The first-order valence-corrected chi connectivity index (χ1v) is 2.85. The third kappa shape index (κ3) is 5.65. The van der Waals surface area contributed by atoms with Gasteiger partial charge in [0.1, 0.15) is 0 Å². The molecule has 0 aliphatic carbocycles. The Hall–Kier alpha value is -0.350. The van der Waals surface area contributed by atoms with Crippen molar-refractivity contribution in [2.24, 2.45) is 5.73 Å². The average Bonchev–Trinajstić information content (AvgIpc) is 1.66. The molecule has 0 bridgehead atoms. The lowest BCUT2D eigenvalue weighted by molar-refractivity contribution is 0.0865. The van der Waals surface area contributed by atoms with Gasteiger partial charge in [0.2, 0.25) is 0 Å². The van der Waals surface area contributed by atoms with Crippen molar-refractivity contribution < 1.29 is 4.84 Å². The smallest absolute Gasteiger partial charge is 0.187 e. The van der Waals surface area contributed by atoms with Gasteiger partial charge in [-0.2, -0.15) is 0 Å². The summed E-state index contributed by atoms with van der Waals surface area (Å²) in [4.78, 5) is 4.73. The molecule has 0 amide bonds. The van der Waals surface area contributed by atoms with Crippen molar-refractivity contribution in [2.75, 3.05) is 6.61 Å². The van der Waals surface area contributed by atoms with Gasteiger partial charge in [0.25, 0.3) is 0 Å². The Kier molecular flexibility index (Phi) is 4.59. The molecule has 0 aromatic rings. The van der Waals surface area contributed by atoms with Crippen LogP contribution in [0.4, 0.5) is 0 Å². The number of nitrogens with two attached hydrogens (primary N) is 1. The van der Waals surface area contributed by atoms with E-state index in [0.717, 1.165) is 6.42 Å². The number of hydrogen-bond acceptors (Lipinski definition) is 2. The summed E-state index contributed by atoms with van der Waals surface area (Å²) < 4.78 is 0. The molecule has 0 spiro atoms. The highest BCUT2D eigenvalue weighted by Crippen LogP contribution is 1.73. The van der Waals surface area contributed by atoms with Crippen LogP contribution in [0, 0.1) is 0 Å². The first kappa shape index (κ1) is 7.65. The molecule has 0 aliphatic rings. The summed E-state index contributed by atoms with van der Waals surface area (Å²) in [6.07, 6.45) is 0.954. The molecule has 4 heteroatoms. The predicted molar refractivity (Wildman–Crippen MR) is 36.2 cm³/mol. The van der Waals surface area contributed by atoms with Crippen molar-refractivity contribution >= 4 is 17.3 Å². The molecule has 0 rings (SSSR count). The molecule has 0 aliphatic heterocycles. The van der Waals surface area contributed by atoms with Gasteiger partial charge in [-0.15, -0.1) is 0 Å². The van der Waals surface area contributed by atoms with Crippen LogP contribution in [0.1, 0.15) is 13.3 Å². The molecule has 0 radical (unpaired) electrons. The van der Waals surface area contributed by atoms with Gasteiger partial charge in [-0.25, -0.2) is 5.48 Å². The fourth-order valence-corrected chi connectivity index (χ4v) is 0.283. The first-order valence-electron chi connectivity index (χ1n) is 2.44. The fourth-order valence-electron chi connectivity index (χ4n) is 0.224. The Morgan fingerprint density at radius 2 is 2.50 bits per heavy atom. The third-order valence-corrected chi connectivity index (χ3v) is 0.562. The van der Waals surface area contributed by atoms with E-state index in [4.69, 9.17) is 10.6 Å². The van der Waals surface area contributed by atoms with Gasteiger partial charge in [-0.3, -0.25) is 4.84 Å². The standard InChI is InChI=1S/C4H10N2OS/c1-2-3-7-6-4(5)8/h2-3H2,1H3,(H3,5,6,8). The highest BCUT2D eigenvalue weighted by atomic mass is 32.1. The molecule has 48 valence electrons. The van der Waals surface area contributed by atoms with E-state index in [-0.39, 0.29) is 5.11 Å². The second-order valence-electron chi connectivity index (χ2n) is 1.31. The van der Waals surface area contributed by atoms with E-state index in [0.29, 0.717) is 6.61 Å².